The normalized spacial score (nSPS) is 10.8. The van der Waals surface area contributed by atoms with E-state index in [1.807, 2.05) is 48.5 Å². The van der Waals surface area contributed by atoms with E-state index in [0.717, 1.165) is 16.7 Å². The van der Waals surface area contributed by atoms with E-state index >= 15 is 0 Å². The van der Waals surface area contributed by atoms with Gasteiger partial charge < -0.3 is 10.3 Å². The number of rotatable bonds is 4. The Kier molecular flexibility index (Phi) is 4.33. The standard InChI is InChI=1S/C22H19N3O/c1-15-13-19(11-12-20(15)17-5-3-2-4-6-17)22-24-21(25-26-22)18-9-7-16(14-23)8-10-18/h2-13H,14,23H2,1H3. The van der Waals surface area contributed by atoms with Gasteiger partial charge in [0, 0.05) is 17.7 Å². The van der Waals surface area contributed by atoms with E-state index in [0.29, 0.717) is 18.3 Å². The molecule has 0 spiro atoms. The lowest BCUT2D eigenvalue weighted by Crippen LogP contribution is -1.95. The Morgan fingerprint density at radius 3 is 2.27 bits per heavy atom. The van der Waals surface area contributed by atoms with Gasteiger partial charge in [-0.3, -0.25) is 0 Å². The van der Waals surface area contributed by atoms with Crippen molar-refractivity contribution in [3.05, 3.63) is 83.9 Å². The van der Waals surface area contributed by atoms with Crippen LogP contribution in [0, 0.1) is 6.92 Å². The molecule has 0 unspecified atom stereocenters. The SMILES string of the molecule is Cc1cc(-c2nc(-c3ccc(CN)cc3)no2)ccc1-c1ccccc1. The van der Waals surface area contributed by atoms with Crippen molar-refractivity contribution in [1.82, 2.24) is 10.1 Å². The number of hydrogen-bond acceptors (Lipinski definition) is 4. The van der Waals surface area contributed by atoms with Crippen molar-refractivity contribution >= 4 is 0 Å². The number of nitrogens with zero attached hydrogens (tertiary/aromatic N) is 2. The fourth-order valence-electron chi connectivity index (χ4n) is 2.99. The van der Waals surface area contributed by atoms with E-state index < -0.39 is 0 Å². The summed E-state index contributed by atoms with van der Waals surface area (Å²) in [6, 6.07) is 24.4. The van der Waals surface area contributed by atoms with Gasteiger partial charge in [0.2, 0.25) is 5.82 Å². The molecule has 0 fully saturated rings. The molecule has 0 radical (unpaired) electrons. The van der Waals surface area contributed by atoms with Gasteiger partial charge in [0.25, 0.3) is 5.89 Å². The van der Waals surface area contributed by atoms with Crippen molar-refractivity contribution in [2.75, 3.05) is 0 Å². The Balaban J connectivity index is 1.64. The minimum Gasteiger partial charge on any atom is -0.334 e. The summed E-state index contributed by atoms with van der Waals surface area (Å²) in [6.07, 6.45) is 0. The van der Waals surface area contributed by atoms with Crippen molar-refractivity contribution < 1.29 is 4.52 Å². The second kappa shape index (κ2) is 6.94. The summed E-state index contributed by atoms with van der Waals surface area (Å²) in [5.41, 5.74) is 12.1. The van der Waals surface area contributed by atoms with Gasteiger partial charge in [0.05, 0.1) is 0 Å². The fourth-order valence-corrected chi connectivity index (χ4v) is 2.99. The maximum absolute atomic E-state index is 5.64. The number of aromatic nitrogens is 2. The Morgan fingerprint density at radius 2 is 1.58 bits per heavy atom. The lowest BCUT2D eigenvalue weighted by molar-refractivity contribution is 0.432. The predicted octanol–water partition coefficient (Wildman–Crippen LogP) is 4.84. The van der Waals surface area contributed by atoms with Crippen LogP contribution >= 0.6 is 0 Å². The van der Waals surface area contributed by atoms with E-state index in [1.165, 1.54) is 16.7 Å². The maximum atomic E-state index is 5.64. The smallest absolute Gasteiger partial charge is 0.258 e. The summed E-state index contributed by atoms with van der Waals surface area (Å²) < 4.78 is 5.48. The quantitative estimate of drug-likeness (QED) is 0.577. The monoisotopic (exact) mass is 341 g/mol. The van der Waals surface area contributed by atoms with Crippen molar-refractivity contribution in [3.63, 3.8) is 0 Å². The highest BCUT2D eigenvalue weighted by molar-refractivity contribution is 5.71. The van der Waals surface area contributed by atoms with Crippen LogP contribution in [-0.4, -0.2) is 10.1 Å². The first-order chi connectivity index (χ1) is 12.7. The molecule has 4 aromatic rings. The molecule has 128 valence electrons. The zero-order valence-electron chi connectivity index (χ0n) is 14.5. The highest BCUT2D eigenvalue weighted by atomic mass is 16.5. The molecule has 4 heteroatoms. The first-order valence-electron chi connectivity index (χ1n) is 8.54. The van der Waals surface area contributed by atoms with Gasteiger partial charge >= 0.3 is 0 Å². The van der Waals surface area contributed by atoms with Crippen molar-refractivity contribution in [2.24, 2.45) is 5.73 Å². The third-order valence-electron chi connectivity index (χ3n) is 4.43. The van der Waals surface area contributed by atoms with Crippen LogP contribution in [0.15, 0.2) is 77.3 Å². The zero-order chi connectivity index (χ0) is 17.9. The van der Waals surface area contributed by atoms with Crippen LogP contribution in [0.1, 0.15) is 11.1 Å². The molecule has 0 aliphatic rings. The third kappa shape index (κ3) is 3.15. The molecule has 0 saturated heterocycles. The van der Waals surface area contributed by atoms with E-state index in [1.54, 1.807) is 0 Å². The molecule has 3 aromatic carbocycles. The lowest BCUT2D eigenvalue weighted by atomic mass is 9.98. The maximum Gasteiger partial charge on any atom is 0.258 e. The van der Waals surface area contributed by atoms with E-state index in [2.05, 4.69) is 41.3 Å². The summed E-state index contributed by atoms with van der Waals surface area (Å²) in [6.45, 7) is 2.61. The predicted molar refractivity (Wildman–Crippen MR) is 103 cm³/mol. The number of nitrogens with two attached hydrogens (primary N) is 1. The molecule has 1 heterocycles. The molecular weight excluding hydrogens is 322 g/mol. The van der Waals surface area contributed by atoms with Gasteiger partial charge in [-0.2, -0.15) is 4.98 Å². The Labute approximate surface area is 152 Å². The molecule has 0 atom stereocenters. The molecule has 26 heavy (non-hydrogen) atoms. The molecular formula is C22H19N3O. The Bertz CT molecular complexity index is 1020. The Hall–Kier alpha value is -3.24. The van der Waals surface area contributed by atoms with Gasteiger partial charge in [-0.1, -0.05) is 65.8 Å². The van der Waals surface area contributed by atoms with Crippen molar-refractivity contribution in [2.45, 2.75) is 13.5 Å². The second-order valence-electron chi connectivity index (χ2n) is 6.22. The number of aryl methyl sites for hydroxylation is 1. The van der Waals surface area contributed by atoms with Gasteiger partial charge in [-0.15, -0.1) is 0 Å². The summed E-state index contributed by atoms with van der Waals surface area (Å²) in [5.74, 6) is 1.10. The summed E-state index contributed by atoms with van der Waals surface area (Å²) in [5, 5.41) is 4.11. The molecule has 1 aromatic heterocycles. The summed E-state index contributed by atoms with van der Waals surface area (Å²) in [4.78, 5) is 4.54. The van der Waals surface area contributed by atoms with Crippen LogP contribution in [0.3, 0.4) is 0 Å². The van der Waals surface area contributed by atoms with E-state index in [9.17, 15) is 0 Å². The highest BCUT2D eigenvalue weighted by Gasteiger charge is 2.12. The zero-order valence-corrected chi connectivity index (χ0v) is 14.5. The molecule has 0 aliphatic heterocycles. The molecule has 2 N–H and O–H groups in total. The van der Waals surface area contributed by atoms with Gasteiger partial charge in [-0.05, 0) is 41.3 Å². The van der Waals surface area contributed by atoms with Crippen LogP contribution in [0.5, 0.6) is 0 Å². The molecule has 0 aliphatic carbocycles. The van der Waals surface area contributed by atoms with Crippen molar-refractivity contribution in [1.29, 1.82) is 0 Å². The van der Waals surface area contributed by atoms with Crippen LogP contribution in [0.25, 0.3) is 34.0 Å². The topological polar surface area (TPSA) is 64.9 Å². The first kappa shape index (κ1) is 16.2. The minimum atomic E-state index is 0.519. The highest BCUT2D eigenvalue weighted by Crippen LogP contribution is 2.29. The average molecular weight is 341 g/mol. The second-order valence-corrected chi connectivity index (χ2v) is 6.22. The van der Waals surface area contributed by atoms with Crippen LogP contribution in [-0.2, 0) is 6.54 Å². The minimum absolute atomic E-state index is 0.519. The Morgan fingerprint density at radius 1 is 0.846 bits per heavy atom. The third-order valence-corrected chi connectivity index (χ3v) is 4.43. The first-order valence-corrected chi connectivity index (χ1v) is 8.54. The van der Waals surface area contributed by atoms with Gasteiger partial charge in [-0.25, -0.2) is 0 Å². The lowest BCUT2D eigenvalue weighted by Gasteiger charge is -2.07. The van der Waals surface area contributed by atoms with Gasteiger partial charge in [0.15, 0.2) is 0 Å². The van der Waals surface area contributed by atoms with E-state index in [-0.39, 0.29) is 0 Å². The van der Waals surface area contributed by atoms with Crippen LogP contribution in [0.2, 0.25) is 0 Å². The largest absolute Gasteiger partial charge is 0.334 e. The average Bonchev–Trinajstić information content (AvgIpc) is 3.19. The number of benzene rings is 3. The molecule has 0 saturated carbocycles. The molecule has 0 amide bonds. The fraction of sp³-hybridized carbons (Fsp3) is 0.0909. The molecule has 4 nitrogen and oxygen atoms in total. The van der Waals surface area contributed by atoms with Gasteiger partial charge in [0.1, 0.15) is 0 Å². The molecule has 0 bridgehead atoms. The molecule has 4 rings (SSSR count). The number of hydrogen-bond donors (Lipinski definition) is 1. The summed E-state index contributed by atoms with van der Waals surface area (Å²) in [7, 11) is 0. The van der Waals surface area contributed by atoms with Crippen LogP contribution < -0.4 is 5.73 Å². The summed E-state index contributed by atoms with van der Waals surface area (Å²) >= 11 is 0. The van der Waals surface area contributed by atoms with Crippen LogP contribution in [0.4, 0.5) is 0 Å². The van der Waals surface area contributed by atoms with E-state index in [4.69, 9.17) is 10.3 Å². The van der Waals surface area contributed by atoms with Crippen molar-refractivity contribution in [3.8, 4) is 34.0 Å².